The zero-order valence-corrected chi connectivity index (χ0v) is 8.94. The van der Waals surface area contributed by atoms with Gasteiger partial charge in [-0.15, -0.1) is 0 Å². The highest BCUT2D eigenvalue weighted by Crippen LogP contribution is 2.24. The first-order valence-electron chi connectivity index (χ1n) is 5.27. The molecule has 2 aliphatic rings. The van der Waals surface area contributed by atoms with E-state index in [4.69, 9.17) is 9.84 Å². The highest BCUT2D eigenvalue weighted by atomic mass is 16.5. The number of nitrogens with one attached hydrogen (secondary N) is 1. The number of β-amino-alcohol motifs (C(OH)–C–C–N with tert-alkyl or cyclic N) is 1. The Morgan fingerprint density at radius 1 is 1.41 bits per heavy atom. The summed E-state index contributed by atoms with van der Waals surface area (Å²) in [6.07, 6.45) is -3.53. The number of hydrogen-bond donors (Lipinski definition) is 4. The number of imide groups is 1. The van der Waals surface area contributed by atoms with E-state index in [-0.39, 0.29) is 19.6 Å². The molecule has 2 rings (SSSR count). The molecule has 0 aliphatic carbocycles. The van der Waals surface area contributed by atoms with E-state index >= 15 is 0 Å². The molecule has 2 aliphatic heterocycles. The molecule has 1 unspecified atom stereocenters. The van der Waals surface area contributed by atoms with Gasteiger partial charge in [0.15, 0.2) is 6.10 Å². The van der Waals surface area contributed by atoms with Crippen molar-refractivity contribution in [3.63, 3.8) is 0 Å². The summed E-state index contributed by atoms with van der Waals surface area (Å²) in [5.74, 6) is -0.747. The molecule has 3 amide bonds. The van der Waals surface area contributed by atoms with Crippen LogP contribution in [-0.4, -0.2) is 69.8 Å². The van der Waals surface area contributed by atoms with Crippen LogP contribution in [0.3, 0.4) is 0 Å². The van der Waals surface area contributed by atoms with Gasteiger partial charge in [-0.1, -0.05) is 0 Å². The van der Waals surface area contributed by atoms with Gasteiger partial charge in [-0.25, -0.2) is 4.79 Å². The maximum absolute atomic E-state index is 11.5. The third kappa shape index (κ3) is 2.25. The number of aliphatic hydroxyl groups excluding tert-OH is 3. The molecule has 0 saturated carbocycles. The van der Waals surface area contributed by atoms with Crippen LogP contribution in [0.25, 0.3) is 0 Å². The van der Waals surface area contributed by atoms with Crippen LogP contribution in [0.15, 0.2) is 0 Å². The van der Waals surface area contributed by atoms with Gasteiger partial charge in [0.25, 0.3) is 5.91 Å². The molecule has 0 aromatic carbocycles. The summed E-state index contributed by atoms with van der Waals surface area (Å²) in [5, 5.41) is 29.7. The van der Waals surface area contributed by atoms with Gasteiger partial charge in [0.05, 0.1) is 19.3 Å². The minimum absolute atomic E-state index is 0.138. The minimum atomic E-state index is -1.30. The Morgan fingerprint density at radius 3 is 2.71 bits per heavy atom. The second-order valence-electron chi connectivity index (χ2n) is 4.08. The molecule has 2 fully saturated rings. The van der Waals surface area contributed by atoms with E-state index in [1.165, 1.54) is 0 Å². The van der Waals surface area contributed by atoms with E-state index in [1.54, 1.807) is 0 Å². The lowest BCUT2D eigenvalue weighted by molar-refractivity contribution is -0.135. The van der Waals surface area contributed by atoms with Gasteiger partial charge in [0.2, 0.25) is 0 Å². The molecular formula is C9H14N2O6. The quantitative estimate of drug-likeness (QED) is 0.423. The summed E-state index contributed by atoms with van der Waals surface area (Å²) in [4.78, 5) is 23.6. The van der Waals surface area contributed by atoms with Crippen molar-refractivity contribution in [2.24, 2.45) is 0 Å². The highest BCUT2D eigenvalue weighted by Gasteiger charge is 2.42. The average molecular weight is 246 g/mol. The summed E-state index contributed by atoms with van der Waals surface area (Å²) in [6, 6.07) is -0.670. The predicted octanol–water partition coefficient (Wildman–Crippen LogP) is -2.63. The first kappa shape index (κ1) is 12.2. The molecule has 4 N–H and O–H groups in total. The largest absolute Gasteiger partial charge is 0.394 e. The fourth-order valence-corrected chi connectivity index (χ4v) is 1.93. The Balaban J connectivity index is 2.03. The van der Waals surface area contributed by atoms with E-state index in [0.29, 0.717) is 0 Å². The van der Waals surface area contributed by atoms with E-state index in [0.717, 1.165) is 4.90 Å². The van der Waals surface area contributed by atoms with Crippen molar-refractivity contribution >= 4 is 11.9 Å². The van der Waals surface area contributed by atoms with Crippen LogP contribution in [0.5, 0.6) is 0 Å². The molecule has 17 heavy (non-hydrogen) atoms. The van der Waals surface area contributed by atoms with Crippen molar-refractivity contribution in [1.82, 2.24) is 10.2 Å². The van der Waals surface area contributed by atoms with Crippen molar-refractivity contribution in [2.45, 2.75) is 31.0 Å². The molecule has 0 spiro atoms. The van der Waals surface area contributed by atoms with Crippen molar-refractivity contribution in [2.75, 3.05) is 13.2 Å². The number of amides is 3. The molecule has 8 heteroatoms. The number of rotatable bonds is 2. The lowest BCUT2D eigenvalue weighted by Crippen LogP contribution is -2.59. The standard InChI is InChI=1S/C9H14N2O6/c12-3-6-4(13)1-7(17-6)11-2-5(14)8(15)10-9(11)16/h4-7,12-14H,1-3H2,(H,10,15,16)/t4-,5?,6+,7+/m0/s1. The molecule has 0 aromatic rings. The van der Waals surface area contributed by atoms with Crippen molar-refractivity contribution in [1.29, 1.82) is 0 Å². The number of nitrogens with zero attached hydrogens (tertiary/aromatic N) is 1. The lowest BCUT2D eigenvalue weighted by Gasteiger charge is -2.33. The summed E-state index contributed by atoms with van der Waals surface area (Å²) in [7, 11) is 0. The molecule has 96 valence electrons. The van der Waals surface area contributed by atoms with Crippen LogP contribution in [-0.2, 0) is 9.53 Å². The summed E-state index contributed by atoms with van der Waals surface area (Å²) < 4.78 is 5.26. The van der Waals surface area contributed by atoms with E-state index in [2.05, 4.69) is 0 Å². The van der Waals surface area contributed by atoms with E-state index in [9.17, 15) is 19.8 Å². The SMILES string of the molecule is O=C1NC(=O)N([C@H]2C[C@H](O)[C@@H](CO)O2)CC1O. The Morgan fingerprint density at radius 2 is 2.12 bits per heavy atom. The van der Waals surface area contributed by atoms with Gasteiger partial charge < -0.3 is 20.1 Å². The smallest absolute Gasteiger partial charge is 0.326 e. The second-order valence-corrected chi connectivity index (χ2v) is 4.08. The van der Waals surface area contributed by atoms with Crippen molar-refractivity contribution < 1.29 is 29.6 Å². The number of hydrogen-bond acceptors (Lipinski definition) is 6. The van der Waals surface area contributed by atoms with Crippen LogP contribution in [0.1, 0.15) is 6.42 Å². The van der Waals surface area contributed by atoms with Crippen LogP contribution >= 0.6 is 0 Å². The molecule has 0 radical (unpaired) electrons. The number of carbonyl (C=O) groups is 2. The maximum atomic E-state index is 11.5. The summed E-state index contributed by atoms with van der Waals surface area (Å²) in [6.45, 7) is -0.533. The summed E-state index contributed by atoms with van der Waals surface area (Å²) in [5.41, 5.74) is 0. The maximum Gasteiger partial charge on any atom is 0.326 e. The van der Waals surface area contributed by atoms with Crippen LogP contribution < -0.4 is 5.32 Å². The van der Waals surface area contributed by atoms with Gasteiger partial charge in [0.1, 0.15) is 12.3 Å². The third-order valence-corrected chi connectivity index (χ3v) is 2.90. The number of carbonyl (C=O) groups excluding carboxylic acids is 2. The highest BCUT2D eigenvalue weighted by molar-refractivity contribution is 5.99. The fraction of sp³-hybridized carbons (Fsp3) is 0.778. The summed E-state index contributed by atoms with van der Waals surface area (Å²) >= 11 is 0. The number of urea groups is 1. The molecule has 0 bridgehead atoms. The molecule has 2 heterocycles. The fourth-order valence-electron chi connectivity index (χ4n) is 1.93. The van der Waals surface area contributed by atoms with Gasteiger partial charge in [0, 0.05) is 6.42 Å². The number of ether oxygens (including phenoxy) is 1. The second kappa shape index (κ2) is 4.57. The minimum Gasteiger partial charge on any atom is -0.394 e. The Kier molecular flexibility index (Phi) is 3.29. The topological polar surface area (TPSA) is 119 Å². The van der Waals surface area contributed by atoms with E-state index in [1.807, 2.05) is 5.32 Å². The van der Waals surface area contributed by atoms with Gasteiger partial charge in [-0.3, -0.25) is 15.0 Å². The Bertz CT molecular complexity index is 335. The van der Waals surface area contributed by atoms with Crippen molar-refractivity contribution in [3.05, 3.63) is 0 Å². The lowest BCUT2D eigenvalue weighted by atomic mass is 10.1. The third-order valence-electron chi connectivity index (χ3n) is 2.90. The number of aliphatic hydroxyl groups is 3. The zero-order valence-electron chi connectivity index (χ0n) is 8.94. The van der Waals surface area contributed by atoms with E-state index < -0.39 is 36.5 Å². The first-order chi connectivity index (χ1) is 8.02. The van der Waals surface area contributed by atoms with Crippen LogP contribution in [0.2, 0.25) is 0 Å². The Labute approximate surface area is 96.8 Å². The Hall–Kier alpha value is -1.22. The molecule has 4 atom stereocenters. The van der Waals surface area contributed by atoms with Gasteiger partial charge >= 0.3 is 6.03 Å². The van der Waals surface area contributed by atoms with Gasteiger partial charge in [-0.05, 0) is 0 Å². The molecule has 0 aromatic heterocycles. The normalized spacial score (nSPS) is 38.4. The molecule has 2 saturated heterocycles. The average Bonchev–Trinajstić information content (AvgIpc) is 2.65. The monoisotopic (exact) mass is 246 g/mol. The van der Waals surface area contributed by atoms with Crippen molar-refractivity contribution in [3.8, 4) is 0 Å². The van der Waals surface area contributed by atoms with Gasteiger partial charge in [-0.2, -0.15) is 0 Å². The molecular weight excluding hydrogens is 232 g/mol. The molecule has 8 nitrogen and oxygen atoms in total. The first-order valence-corrected chi connectivity index (χ1v) is 5.27. The van der Waals surface area contributed by atoms with Crippen LogP contribution in [0.4, 0.5) is 4.79 Å². The van der Waals surface area contributed by atoms with Crippen LogP contribution in [0, 0.1) is 0 Å². The predicted molar refractivity (Wildman–Crippen MR) is 52.6 cm³/mol. The zero-order chi connectivity index (χ0) is 12.6.